The maximum atomic E-state index is 5.91. The fourth-order valence-corrected chi connectivity index (χ4v) is 3.85. The van der Waals surface area contributed by atoms with Gasteiger partial charge in [-0.05, 0) is 55.3 Å². The Kier molecular flexibility index (Phi) is 4.67. The molecule has 0 radical (unpaired) electrons. The molecule has 4 heteroatoms. The second-order valence-electron chi connectivity index (χ2n) is 5.90. The fraction of sp³-hybridized carbons (Fsp3) is 0.412. The van der Waals surface area contributed by atoms with Gasteiger partial charge in [0.15, 0.2) is 0 Å². The summed E-state index contributed by atoms with van der Waals surface area (Å²) >= 11 is 5.55. The average Bonchev–Trinajstić information content (AvgIpc) is 3.15. The zero-order valence-electron chi connectivity index (χ0n) is 12.3. The van der Waals surface area contributed by atoms with Gasteiger partial charge in [0.2, 0.25) is 0 Å². The molecule has 1 heterocycles. The van der Waals surface area contributed by atoms with Crippen LogP contribution in [0, 0.1) is 0 Å². The van der Waals surface area contributed by atoms with Crippen molar-refractivity contribution in [3.05, 3.63) is 50.6 Å². The summed E-state index contributed by atoms with van der Waals surface area (Å²) in [5.74, 6) is 0. The van der Waals surface area contributed by atoms with Crippen LogP contribution in [0.4, 0.5) is 5.69 Å². The Hall–Kier alpha value is -0.840. The molecule has 0 bridgehead atoms. The molecule has 1 aliphatic carbocycles. The number of halogens is 1. The van der Waals surface area contributed by atoms with Gasteiger partial charge in [-0.25, -0.2) is 0 Å². The molecule has 2 N–H and O–H groups in total. The summed E-state index contributed by atoms with van der Waals surface area (Å²) in [6.45, 7) is 3.06. The SMILES string of the molecule is CC(N)Cc1ccc(N(Cc2cccs2)C2CC2)cc1Br. The molecule has 1 saturated carbocycles. The minimum Gasteiger partial charge on any atom is -0.363 e. The third-order valence-electron chi connectivity index (χ3n) is 3.80. The zero-order valence-corrected chi connectivity index (χ0v) is 14.7. The van der Waals surface area contributed by atoms with Gasteiger partial charge < -0.3 is 10.6 Å². The van der Waals surface area contributed by atoms with Gasteiger partial charge in [-0.15, -0.1) is 11.3 Å². The van der Waals surface area contributed by atoms with Gasteiger partial charge in [-0.1, -0.05) is 28.1 Å². The van der Waals surface area contributed by atoms with E-state index in [1.807, 2.05) is 18.3 Å². The molecule has 1 aromatic carbocycles. The summed E-state index contributed by atoms with van der Waals surface area (Å²) in [5.41, 5.74) is 8.51. The maximum absolute atomic E-state index is 5.91. The lowest BCUT2D eigenvalue weighted by atomic mass is 10.1. The van der Waals surface area contributed by atoms with Crippen molar-refractivity contribution in [2.45, 2.75) is 44.8 Å². The molecule has 3 rings (SSSR count). The van der Waals surface area contributed by atoms with E-state index in [9.17, 15) is 0 Å². The summed E-state index contributed by atoms with van der Waals surface area (Å²) in [4.78, 5) is 3.96. The number of thiophene rings is 1. The van der Waals surface area contributed by atoms with E-state index in [-0.39, 0.29) is 6.04 Å². The molecule has 2 aromatic rings. The van der Waals surface area contributed by atoms with Gasteiger partial charge in [-0.3, -0.25) is 0 Å². The summed E-state index contributed by atoms with van der Waals surface area (Å²) in [7, 11) is 0. The van der Waals surface area contributed by atoms with Gasteiger partial charge in [0.05, 0.1) is 6.54 Å². The lowest BCUT2D eigenvalue weighted by Gasteiger charge is -2.25. The van der Waals surface area contributed by atoms with Crippen LogP contribution in [0.1, 0.15) is 30.2 Å². The second kappa shape index (κ2) is 6.51. The van der Waals surface area contributed by atoms with Crippen molar-refractivity contribution in [3.63, 3.8) is 0 Å². The van der Waals surface area contributed by atoms with Crippen LogP contribution in [0.3, 0.4) is 0 Å². The van der Waals surface area contributed by atoms with E-state index in [0.29, 0.717) is 6.04 Å². The van der Waals surface area contributed by atoms with Gasteiger partial charge in [-0.2, -0.15) is 0 Å². The first-order valence-electron chi connectivity index (χ1n) is 7.46. The highest BCUT2D eigenvalue weighted by molar-refractivity contribution is 9.10. The van der Waals surface area contributed by atoms with Gasteiger partial charge in [0.1, 0.15) is 0 Å². The third-order valence-corrected chi connectivity index (χ3v) is 5.40. The van der Waals surface area contributed by atoms with Crippen LogP contribution in [0.2, 0.25) is 0 Å². The molecule has 21 heavy (non-hydrogen) atoms. The van der Waals surface area contributed by atoms with Crippen LogP contribution in [-0.4, -0.2) is 12.1 Å². The number of rotatable bonds is 6. The summed E-state index contributed by atoms with van der Waals surface area (Å²) in [6.07, 6.45) is 3.53. The molecule has 1 aromatic heterocycles. The average molecular weight is 365 g/mol. The lowest BCUT2D eigenvalue weighted by molar-refractivity contribution is 0.735. The summed E-state index contributed by atoms with van der Waals surface area (Å²) in [5, 5.41) is 2.15. The maximum Gasteiger partial charge on any atom is 0.0525 e. The van der Waals surface area contributed by atoms with E-state index in [1.165, 1.54) is 33.4 Å². The van der Waals surface area contributed by atoms with Crippen LogP contribution < -0.4 is 10.6 Å². The molecule has 1 fully saturated rings. The Morgan fingerprint density at radius 1 is 1.38 bits per heavy atom. The Labute approximate surface area is 139 Å². The zero-order chi connectivity index (χ0) is 14.8. The van der Waals surface area contributed by atoms with Crippen molar-refractivity contribution in [3.8, 4) is 0 Å². The lowest BCUT2D eigenvalue weighted by Crippen LogP contribution is -2.24. The van der Waals surface area contributed by atoms with Gasteiger partial charge in [0, 0.05) is 27.1 Å². The fourth-order valence-electron chi connectivity index (χ4n) is 2.62. The van der Waals surface area contributed by atoms with Crippen molar-refractivity contribution >= 4 is 33.0 Å². The Bertz CT molecular complexity index is 591. The molecular formula is C17H21BrN2S. The summed E-state index contributed by atoms with van der Waals surface area (Å²) < 4.78 is 1.18. The molecule has 1 unspecified atom stereocenters. The van der Waals surface area contributed by atoms with Gasteiger partial charge >= 0.3 is 0 Å². The van der Waals surface area contributed by atoms with Crippen LogP contribution in [0.25, 0.3) is 0 Å². The van der Waals surface area contributed by atoms with E-state index in [0.717, 1.165) is 13.0 Å². The molecule has 112 valence electrons. The molecule has 0 aliphatic heterocycles. The van der Waals surface area contributed by atoms with Crippen LogP contribution >= 0.6 is 27.3 Å². The monoisotopic (exact) mass is 364 g/mol. The number of anilines is 1. The van der Waals surface area contributed by atoms with Crippen LogP contribution in [0.15, 0.2) is 40.2 Å². The standard InChI is InChI=1S/C17H21BrN2S/c1-12(19)9-13-4-5-15(10-17(13)18)20(14-6-7-14)11-16-3-2-8-21-16/h2-5,8,10,12,14H,6-7,9,11,19H2,1H3. The van der Waals surface area contributed by atoms with E-state index in [4.69, 9.17) is 5.73 Å². The number of nitrogens with zero attached hydrogens (tertiary/aromatic N) is 1. The predicted molar refractivity (Wildman–Crippen MR) is 95.0 cm³/mol. The first-order chi connectivity index (χ1) is 10.1. The molecule has 1 atom stereocenters. The number of hydrogen-bond acceptors (Lipinski definition) is 3. The number of nitrogens with two attached hydrogens (primary N) is 1. The molecule has 1 aliphatic rings. The predicted octanol–water partition coefficient (Wildman–Crippen LogP) is 4.57. The molecule has 0 amide bonds. The van der Waals surface area contributed by atoms with E-state index >= 15 is 0 Å². The van der Waals surface area contributed by atoms with Crippen LogP contribution in [0.5, 0.6) is 0 Å². The van der Waals surface area contributed by atoms with E-state index in [2.05, 4.69) is 56.5 Å². The topological polar surface area (TPSA) is 29.3 Å². The second-order valence-corrected chi connectivity index (χ2v) is 7.78. The van der Waals surface area contributed by atoms with Crippen molar-refractivity contribution in [2.75, 3.05) is 4.90 Å². The minimum absolute atomic E-state index is 0.192. The molecule has 0 spiro atoms. The quantitative estimate of drug-likeness (QED) is 0.813. The van der Waals surface area contributed by atoms with Crippen molar-refractivity contribution < 1.29 is 0 Å². The number of benzene rings is 1. The van der Waals surface area contributed by atoms with Crippen LogP contribution in [-0.2, 0) is 13.0 Å². The summed E-state index contributed by atoms with van der Waals surface area (Å²) in [6, 6.07) is 12.0. The Morgan fingerprint density at radius 2 is 2.19 bits per heavy atom. The number of hydrogen-bond donors (Lipinski definition) is 1. The molecule has 2 nitrogen and oxygen atoms in total. The van der Waals surface area contributed by atoms with Crippen molar-refractivity contribution in [2.24, 2.45) is 5.73 Å². The Morgan fingerprint density at radius 3 is 2.76 bits per heavy atom. The highest BCUT2D eigenvalue weighted by Gasteiger charge is 2.29. The van der Waals surface area contributed by atoms with Gasteiger partial charge in [0.25, 0.3) is 0 Å². The smallest absolute Gasteiger partial charge is 0.0525 e. The normalized spacial score (nSPS) is 16.0. The van der Waals surface area contributed by atoms with E-state index < -0.39 is 0 Å². The third kappa shape index (κ3) is 3.87. The largest absolute Gasteiger partial charge is 0.363 e. The van der Waals surface area contributed by atoms with E-state index in [1.54, 1.807) is 0 Å². The minimum atomic E-state index is 0.192. The first-order valence-corrected chi connectivity index (χ1v) is 9.14. The molecule has 0 saturated heterocycles. The van der Waals surface area contributed by atoms with Crippen molar-refractivity contribution in [1.82, 2.24) is 0 Å². The first kappa shape index (κ1) is 15.1. The van der Waals surface area contributed by atoms with Crippen molar-refractivity contribution in [1.29, 1.82) is 0 Å². The Balaban J connectivity index is 1.81. The molecular weight excluding hydrogens is 344 g/mol. The highest BCUT2D eigenvalue weighted by atomic mass is 79.9. The highest BCUT2D eigenvalue weighted by Crippen LogP contribution is 2.35.